The van der Waals surface area contributed by atoms with Gasteiger partial charge in [0.25, 0.3) is 0 Å². The highest BCUT2D eigenvalue weighted by molar-refractivity contribution is 5.99. The van der Waals surface area contributed by atoms with Crippen molar-refractivity contribution in [1.82, 2.24) is 5.32 Å². The third-order valence-electron chi connectivity index (χ3n) is 4.17. The smallest absolute Gasteiger partial charge is 0.166 e. The second-order valence-corrected chi connectivity index (χ2v) is 5.60. The van der Waals surface area contributed by atoms with Gasteiger partial charge in [0.2, 0.25) is 0 Å². The molecule has 1 aliphatic heterocycles. The molecule has 1 N–H and O–H groups in total. The molecule has 0 radical (unpaired) electrons. The van der Waals surface area contributed by atoms with E-state index in [1.807, 2.05) is 26.0 Å². The first-order valence-corrected chi connectivity index (χ1v) is 7.63. The molecular weight excluding hydrogens is 250 g/mol. The van der Waals surface area contributed by atoms with Crippen molar-refractivity contribution in [3.63, 3.8) is 0 Å². The van der Waals surface area contributed by atoms with Crippen molar-refractivity contribution in [2.24, 2.45) is 5.92 Å². The Morgan fingerprint density at radius 3 is 2.60 bits per heavy atom. The van der Waals surface area contributed by atoms with Crippen LogP contribution in [0, 0.1) is 19.8 Å². The van der Waals surface area contributed by atoms with Crippen LogP contribution in [0.4, 0.5) is 0 Å². The normalized spacial score (nSPS) is 16.1. The van der Waals surface area contributed by atoms with Gasteiger partial charge in [-0.25, -0.2) is 0 Å². The molecule has 0 atom stereocenters. The standard InChI is InChI=1S/C17H25NO2/c1-4-11-20-16-6-5-15(12(2)13(16)3)17(19)14-7-9-18-10-8-14/h5-6,14,18H,4,7-11H2,1-3H3. The van der Waals surface area contributed by atoms with Crippen LogP contribution < -0.4 is 10.1 Å². The molecule has 0 unspecified atom stereocenters. The van der Waals surface area contributed by atoms with Crippen molar-refractivity contribution in [2.75, 3.05) is 19.7 Å². The predicted octanol–water partition coefficient (Wildman–Crippen LogP) is 3.27. The molecule has 1 heterocycles. The SMILES string of the molecule is CCCOc1ccc(C(=O)C2CCNCC2)c(C)c1C. The fraction of sp³-hybridized carbons (Fsp3) is 0.588. The van der Waals surface area contributed by atoms with Gasteiger partial charge in [-0.05, 0) is 69.5 Å². The molecule has 1 aromatic rings. The zero-order valence-electron chi connectivity index (χ0n) is 12.8. The van der Waals surface area contributed by atoms with Gasteiger partial charge in [-0.1, -0.05) is 6.92 Å². The summed E-state index contributed by atoms with van der Waals surface area (Å²) in [5.41, 5.74) is 3.04. The van der Waals surface area contributed by atoms with Gasteiger partial charge in [0.05, 0.1) is 6.61 Å². The first-order chi connectivity index (χ1) is 9.65. The molecule has 0 aliphatic carbocycles. The molecule has 3 nitrogen and oxygen atoms in total. The van der Waals surface area contributed by atoms with Gasteiger partial charge < -0.3 is 10.1 Å². The lowest BCUT2D eigenvalue weighted by molar-refractivity contribution is 0.0894. The van der Waals surface area contributed by atoms with Gasteiger partial charge in [-0.15, -0.1) is 0 Å². The summed E-state index contributed by atoms with van der Waals surface area (Å²) in [6, 6.07) is 3.89. The molecule has 0 bridgehead atoms. The predicted molar refractivity (Wildman–Crippen MR) is 81.6 cm³/mol. The summed E-state index contributed by atoms with van der Waals surface area (Å²) in [5.74, 6) is 1.39. The number of Topliss-reactive ketones (excluding diaryl/α,β-unsaturated/α-hetero) is 1. The van der Waals surface area contributed by atoms with E-state index in [0.29, 0.717) is 5.78 Å². The van der Waals surface area contributed by atoms with Crippen LogP contribution in [0.1, 0.15) is 47.7 Å². The molecule has 20 heavy (non-hydrogen) atoms. The average molecular weight is 275 g/mol. The Kier molecular flexibility index (Phi) is 5.18. The van der Waals surface area contributed by atoms with Crippen LogP contribution in [0.15, 0.2) is 12.1 Å². The number of rotatable bonds is 5. The summed E-state index contributed by atoms with van der Waals surface area (Å²) in [5, 5.41) is 3.31. The Morgan fingerprint density at radius 2 is 1.95 bits per heavy atom. The number of hydrogen-bond donors (Lipinski definition) is 1. The average Bonchev–Trinajstić information content (AvgIpc) is 2.49. The molecule has 3 heteroatoms. The highest BCUT2D eigenvalue weighted by Gasteiger charge is 2.24. The maximum Gasteiger partial charge on any atom is 0.166 e. The summed E-state index contributed by atoms with van der Waals surface area (Å²) in [6.45, 7) is 8.79. The van der Waals surface area contributed by atoms with E-state index in [4.69, 9.17) is 4.74 Å². The monoisotopic (exact) mass is 275 g/mol. The number of nitrogens with one attached hydrogen (secondary N) is 1. The number of benzene rings is 1. The van der Waals surface area contributed by atoms with Gasteiger partial charge in [0.1, 0.15) is 5.75 Å². The third kappa shape index (κ3) is 3.21. The van der Waals surface area contributed by atoms with Crippen LogP contribution in [-0.4, -0.2) is 25.5 Å². The molecule has 1 saturated heterocycles. The van der Waals surface area contributed by atoms with E-state index in [9.17, 15) is 4.79 Å². The lowest BCUT2D eigenvalue weighted by atomic mass is 9.87. The summed E-state index contributed by atoms with van der Waals surface area (Å²) in [4.78, 5) is 12.6. The van der Waals surface area contributed by atoms with E-state index in [0.717, 1.165) is 61.4 Å². The fourth-order valence-corrected chi connectivity index (χ4v) is 2.74. The minimum atomic E-state index is 0.178. The largest absolute Gasteiger partial charge is 0.493 e. The molecule has 1 fully saturated rings. The number of ketones is 1. The van der Waals surface area contributed by atoms with Crippen LogP contribution in [0.3, 0.4) is 0 Å². The van der Waals surface area contributed by atoms with Crippen LogP contribution >= 0.6 is 0 Å². The minimum absolute atomic E-state index is 0.178. The second-order valence-electron chi connectivity index (χ2n) is 5.60. The Bertz CT molecular complexity index is 476. The Morgan fingerprint density at radius 1 is 1.25 bits per heavy atom. The van der Waals surface area contributed by atoms with Crippen LogP contribution in [0.25, 0.3) is 0 Å². The minimum Gasteiger partial charge on any atom is -0.493 e. The van der Waals surface area contributed by atoms with Crippen LogP contribution in [-0.2, 0) is 0 Å². The number of piperidine rings is 1. The molecule has 1 aliphatic rings. The van der Waals surface area contributed by atoms with Crippen LogP contribution in [0.5, 0.6) is 5.75 Å². The van der Waals surface area contributed by atoms with Gasteiger partial charge in [-0.3, -0.25) is 4.79 Å². The van der Waals surface area contributed by atoms with Crippen molar-refractivity contribution in [2.45, 2.75) is 40.0 Å². The number of ether oxygens (including phenoxy) is 1. The quantitative estimate of drug-likeness (QED) is 0.838. The van der Waals surface area contributed by atoms with E-state index in [1.54, 1.807) is 0 Å². The summed E-state index contributed by atoms with van der Waals surface area (Å²) in [6.07, 6.45) is 2.89. The zero-order valence-corrected chi connectivity index (χ0v) is 12.8. The van der Waals surface area contributed by atoms with Gasteiger partial charge in [0.15, 0.2) is 5.78 Å². The molecule has 0 spiro atoms. The molecule has 1 aromatic carbocycles. The Hall–Kier alpha value is -1.35. The van der Waals surface area contributed by atoms with E-state index in [-0.39, 0.29) is 5.92 Å². The molecule has 2 rings (SSSR count). The van der Waals surface area contributed by atoms with E-state index in [2.05, 4.69) is 12.2 Å². The molecule has 0 saturated carbocycles. The highest BCUT2D eigenvalue weighted by atomic mass is 16.5. The van der Waals surface area contributed by atoms with Crippen molar-refractivity contribution in [3.05, 3.63) is 28.8 Å². The van der Waals surface area contributed by atoms with Gasteiger partial charge in [-0.2, -0.15) is 0 Å². The molecular formula is C17H25NO2. The van der Waals surface area contributed by atoms with E-state index in [1.165, 1.54) is 0 Å². The third-order valence-corrected chi connectivity index (χ3v) is 4.17. The van der Waals surface area contributed by atoms with Crippen molar-refractivity contribution in [3.8, 4) is 5.75 Å². The Balaban J connectivity index is 2.19. The lowest BCUT2D eigenvalue weighted by Crippen LogP contribution is -2.32. The highest BCUT2D eigenvalue weighted by Crippen LogP contribution is 2.28. The van der Waals surface area contributed by atoms with Gasteiger partial charge >= 0.3 is 0 Å². The second kappa shape index (κ2) is 6.89. The van der Waals surface area contributed by atoms with Crippen molar-refractivity contribution >= 4 is 5.78 Å². The first kappa shape index (κ1) is 15.0. The van der Waals surface area contributed by atoms with Crippen molar-refractivity contribution in [1.29, 1.82) is 0 Å². The number of hydrogen-bond acceptors (Lipinski definition) is 3. The molecule has 0 aromatic heterocycles. The van der Waals surface area contributed by atoms with E-state index < -0.39 is 0 Å². The summed E-state index contributed by atoms with van der Waals surface area (Å²) >= 11 is 0. The zero-order chi connectivity index (χ0) is 14.5. The Labute approximate surface area is 121 Å². The maximum atomic E-state index is 12.6. The van der Waals surface area contributed by atoms with Gasteiger partial charge in [0, 0.05) is 11.5 Å². The summed E-state index contributed by atoms with van der Waals surface area (Å²) < 4.78 is 5.73. The number of carbonyl (C=O) groups is 1. The number of carbonyl (C=O) groups excluding carboxylic acids is 1. The molecule has 110 valence electrons. The first-order valence-electron chi connectivity index (χ1n) is 7.63. The lowest BCUT2D eigenvalue weighted by Gasteiger charge is -2.23. The maximum absolute atomic E-state index is 12.6. The topological polar surface area (TPSA) is 38.3 Å². The van der Waals surface area contributed by atoms with Crippen LogP contribution in [0.2, 0.25) is 0 Å². The summed E-state index contributed by atoms with van der Waals surface area (Å²) in [7, 11) is 0. The fourth-order valence-electron chi connectivity index (χ4n) is 2.74. The van der Waals surface area contributed by atoms with E-state index >= 15 is 0 Å². The van der Waals surface area contributed by atoms with Crippen molar-refractivity contribution < 1.29 is 9.53 Å². The molecule has 0 amide bonds.